The molecule has 4 aromatic rings. The first-order valence-electron chi connectivity index (χ1n) is 11.7. The maximum absolute atomic E-state index is 12.3. The summed E-state index contributed by atoms with van der Waals surface area (Å²) in [6, 6.07) is 19.0. The minimum atomic E-state index is -4.74. The van der Waals surface area contributed by atoms with Crippen molar-refractivity contribution in [3.63, 3.8) is 0 Å². The van der Waals surface area contributed by atoms with Crippen LogP contribution < -0.4 is 15.5 Å². The minimum absolute atomic E-state index is 0.305. The number of hydrogen-bond donors (Lipinski definition) is 2. The smallest absolute Gasteiger partial charge is 0.406 e. The van der Waals surface area contributed by atoms with E-state index in [0.717, 1.165) is 16.8 Å². The van der Waals surface area contributed by atoms with E-state index in [2.05, 4.69) is 57.5 Å². The highest BCUT2D eigenvalue weighted by molar-refractivity contribution is 7.80. The predicted octanol–water partition coefficient (Wildman–Crippen LogP) is 6.59. The van der Waals surface area contributed by atoms with Gasteiger partial charge in [0.1, 0.15) is 12.1 Å². The molecule has 1 aromatic heterocycles. The summed E-state index contributed by atoms with van der Waals surface area (Å²) in [4.78, 5) is 4.29. The molecule has 0 aliphatic rings. The van der Waals surface area contributed by atoms with Gasteiger partial charge in [0.05, 0.1) is 11.9 Å². The lowest BCUT2D eigenvalue weighted by Gasteiger charge is -2.15. The van der Waals surface area contributed by atoms with Crippen molar-refractivity contribution in [3.05, 3.63) is 89.7 Å². The van der Waals surface area contributed by atoms with Gasteiger partial charge in [-0.25, -0.2) is 9.67 Å². The molecule has 1 heterocycles. The molecule has 0 aliphatic carbocycles. The van der Waals surface area contributed by atoms with Gasteiger partial charge in [0.15, 0.2) is 10.9 Å². The number of ether oxygens (including phenoxy) is 1. The molecule has 0 unspecified atom stereocenters. The van der Waals surface area contributed by atoms with E-state index in [4.69, 9.17) is 12.2 Å². The normalized spacial score (nSPS) is 11.7. The van der Waals surface area contributed by atoms with E-state index in [1.165, 1.54) is 46.4 Å². The lowest BCUT2D eigenvalue weighted by Crippen LogP contribution is -2.24. The molecule has 38 heavy (non-hydrogen) atoms. The molecule has 0 bridgehead atoms. The maximum atomic E-state index is 12.3. The fraction of sp³-hybridized carbons (Fsp3) is 0.185. The van der Waals surface area contributed by atoms with Gasteiger partial charge in [0.25, 0.3) is 0 Å². The summed E-state index contributed by atoms with van der Waals surface area (Å²) in [7, 11) is 0. The Labute approximate surface area is 223 Å². The Hall–Kier alpha value is -4.25. The van der Waals surface area contributed by atoms with E-state index in [9.17, 15) is 13.2 Å². The highest BCUT2D eigenvalue weighted by Gasteiger charge is 2.31. The molecule has 196 valence electrons. The van der Waals surface area contributed by atoms with E-state index in [1.54, 1.807) is 6.21 Å². The first-order chi connectivity index (χ1) is 18.1. The number of rotatable bonds is 7. The van der Waals surface area contributed by atoms with Crippen molar-refractivity contribution in [1.82, 2.24) is 20.2 Å². The van der Waals surface area contributed by atoms with Crippen LogP contribution in [-0.2, 0) is 0 Å². The van der Waals surface area contributed by atoms with Crippen molar-refractivity contribution in [2.45, 2.75) is 33.1 Å². The number of hydrogen-bond acceptors (Lipinski definition) is 5. The standard InChI is InChI=1S/C27H25F3N6OS/c1-17(2)23-14-18(3)4-13-24(23)33-26(38)34-32-15-19-5-7-20(8-6-19)25-31-16-36(35-25)21-9-11-22(12-10-21)37-27(28,29)30/h4-17H,1-3H3,(H2,33,34,38)/b32-15+. The second-order valence-corrected chi connectivity index (χ2v) is 9.15. The van der Waals surface area contributed by atoms with Crippen molar-refractivity contribution >= 4 is 29.2 Å². The monoisotopic (exact) mass is 538 g/mol. The van der Waals surface area contributed by atoms with Gasteiger partial charge >= 0.3 is 6.36 Å². The lowest BCUT2D eigenvalue weighted by atomic mass is 9.99. The topological polar surface area (TPSA) is 76.4 Å². The molecular formula is C27H25F3N6OS. The lowest BCUT2D eigenvalue weighted by molar-refractivity contribution is -0.274. The Balaban J connectivity index is 1.35. The Morgan fingerprint density at radius 1 is 1.05 bits per heavy atom. The van der Waals surface area contributed by atoms with Crippen molar-refractivity contribution in [2.24, 2.45) is 5.10 Å². The summed E-state index contributed by atoms with van der Waals surface area (Å²) in [6.45, 7) is 6.32. The van der Waals surface area contributed by atoms with E-state index in [1.807, 2.05) is 36.4 Å². The van der Waals surface area contributed by atoms with Crippen LogP contribution in [0.4, 0.5) is 18.9 Å². The molecule has 0 spiro atoms. The molecular weight excluding hydrogens is 513 g/mol. The van der Waals surface area contributed by atoms with Gasteiger partial charge in [-0.3, -0.25) is 5.43 Å². The fourth-order valence-electron chi connectivity index (χ4n) is 3.63. The minimum Gasteiger partial charge on any atom is -0.406 e. The molecule has 3 aromatic carbocycles. The van der Waals surface area contributed by atoms with Crippen molar-refractivity contribution in [1.29, 1.82) is 0 Å². The molecule has 0 amide bonds. The van der Waals surface area contributed by atoms with Crippen LogP contribution in [0, 0.1) is 6.92 Å². The van der Waals surface area contributed by atoms with Gasteiger partial charge in [-0.05, 0) is 66.5 Å². The molecule has 4 rings (SSSR count). The Bertz CT molecular complexity index is 1430. The second-order valence-electron chi connectivity index (χ2n) is 8.75. The predicted molar refractivity (Wildman–Crippen MR) is 146 cm³/mol. The average Bonchev–Trinajstić information content (AvgIpc) is 3.35. The van der Waals surface area contributed by atoms with Crippen LogP contribution in [0.2, 0.25) is 0 Å². The van der Waals surface area contributed by atoms with Crippen LogP contribution in [0.1, 0.15) is 36.5 Å². The number of alkyl halides is 3. The molecule has 0 saturated heterocycles. The van der Waals surface area contributed by atoms with Crippen molar-refractivity contribution < 1.29 is 17.9 Å². The third-order valence-corrected chi connectivity index (χ3v) is 5.65. The third kappa shape index (κ3) is 7.16. The van der Waals surface area contributed by atoms with Crippen LogP contribution in [-0.4, -0.2) is 32.5 Å². The molecule has 7 nitrogen and oxygen atoms in total. The molecule has 0 atom stereocenters. The van der Waals surface area contributed by atoms with Gasteiger partial charge in [-0.2, -0.15) is 5.10 Å². The van der Waals surface area contributed by atoms with Crippen LogP contribution >= 0.6 is 12.2 Å². The van der Waals surface area contributed by atoms with Gasteiger partial charge in [-0.1, -0.05) is 55.8 Å². The number of thiocarbonyl (C=S) groups is 1. The van der Waals surface area contributed by atoms with Crippen LogP contribution in [0.15, 0.2) is 78.2 Å². The summed E-state index contributed by atoms with van der Waals surface area (Å²) >= 11 is 5.38. The number of nitrogens with zero attached hydrogens (tertiary/aromatic N) is 4. The van der Waals surface area contributed by atoms with E-state index in [-0.39, 0.29) is 5.75 Å². The number of halogens is 3. The van der Waals surface area contributed by atoms with Gasteiger partial charge < -0.3 is 10.1 Å². The summed E-state index contributed by atoms with van der Waals surface area (Å²) in [5.41, 5.74) is 8.30. The number of anilines is 1. The SMILES string of the molecule is Cc1ccc(NC(=S)N/N=C/c2ccc(-c3ncn(-c4ccc(OC(F)(F)F)cc4)n3)cc2)c(C(C)C)c1. The zero-order valence-corrected chi connectivity index (χ0v) is 21.6. The Morgan fingerprint density at radius 2 is 1.76 bits per heavy atom. The van der Waals surface area contributed by atoms with Crippen LogP contribution in [0.25, 0.3) is 17.1 Å². The number of aryl methyl sites for hydroxylation is 1. The summed E-state index contributed by atoms with van der Waals surface area (Å²) in [5.74, 6) is 0.508. The number of aromatic nitrogens is 3. The second kappa shape index (κ2) is 11.4. The van der Waals surface area contributed by atoms with E-state index >= 15 is 0 Å². The maximum Gasteiger partial charge on any atom is 0.573 e. The van der Waals surface area contributed by atoms with Crippen LogP contribution in [0.5, 0.6) is 5.75 Å². The highest BCUT2D eigenvalue weighted by atomic mass is 32.1. The quantitative estimate of drug-likeness (QED) is 0.157. The summed E-state index contributed by atoms with van der Waals surface area (Å²) in [5, 5.41) is 12.2. The zero-order chi connectivity index (χ0) is 27.3. The molecule has 11 heteroatoms. The van der Waals surface area contributed by atoms with Gasteiger partial charge in [0.2, 0.25) is 0 Å². The van der Waals surface area contributed by atoms with Gasteiger partial charge in [-0.15, -0.1) is 18.3 Å². The molecule has 0 fully saturated rings. The molecule has 0 aliphatic heterocycles. The molecule has 0 radical (unpaired) electrons. The van der Waals surface area contributed by atoms with Crippen molar-refractivity contribution in [2.75, 3.05) is 5.32 Å². The van der Waals surface area contributed by atoms with Gasteiger partial charge in [0, 0.05) is 11.3 Å². The summed E-state index contributed by atoms with van der Waals surface area (Å²) < 4.78 is 42.4. The van der Waals surface area contributed by atoms with Crippen LogP contribution in [0.3, 0.4) is 0 Å². The number of benzene rings is 3. The number of nitrogens with one attached hydrogen (secondary N) is 2. The largest absolute Gasteiger partial charge is 0.573 e. The fourth-order valence-corrected chi connectivity index (χ4v) is 3.79. The Kier molecular flexibility index (Phi) is 8.06. The summed E-state index contributed by atoms with van der Waals surface area (Å²) in [6.07, 6.45) is -1.61. The van der Waals surface area contributed by atoms with Crippen molar-refractivity contribution in [3.8, 4) is 22.8 Å². The van der Waals surface area contributed by atoms with E-state index < -0.39 is 6.36 Å². The third-order valence-electron chi connectivity index (χ3n) is 5.45. The first kappa shape index (κ1) is 26.8. The number of hydrazone groups is 1. The Morgan fingerprint density at radius 3 is 2.42 bits per heavy atom. The average molecular weight is 539 g/mol. The highest BCUT2D eigenvalue weighted by Crippen LogP contribution is 2.26. The first-order valence-corrected chi connectivity index (χ1v) is 12.1. The molecule has 0 saturated carbocycles. The molecule has 2 N–H and O–H groups in total. The zero-order valence-electron chi connectivity index (χ0n) is 20.8. The van der Waals surface area contributed by atoms with E-state index in [0.29, 0.717) is 22.5 Å².